The molecule has 2 atom stereocenters. The molecule has 1 amide bonds. The van der Waals surface area contributed by atoms with Crippen molar-refractivity contribution in [1.29, 1.82) is 0 Å². The molecule has 2 aromatic carbocycles. The van der Waals surface area contributed by atoms with Crippen molar-refractivity contribution in [2.24, 2.45) is 0 Å². The third-order valence-corrected chi connectivity index (χ3v) is 6.77. The fourth-order valence-corrected chi connectivity index (χ4v) is 4.97. The topological polar surface area (TPSA) is 70.8 Å². The molecule has 0 saturated carbocycles. The summed E-state index contributed by atoms with van der Waals surface area (Å²) in [6, 6.07) is 11.8. The Hall–Kier alpha value is -3.65. The number of anilines is 1. The molecule has 2 unspecified atom stereocenters. The molecule has 8 heteroatoms. The van der Waals surface area contributed by atoms with Crippen LogP contribution in [0.25, 0.3) is 11.8 Å². The van der Waals surface area contributed by atoms with Gasteiger partial charge < -0.3 is 24.2 Å². The lowest BCUT2D eigenvalue weighted by molar-refractivity contribution is -0.132. The first-order valence-corrected chi connectivity index (χ1v) is 11.8. The van der Waals surface area contributed by atoms with E-state index in [2.05, 4.69) is 4.98 Å². The Morgan fingerprint density at radius 3 is 2.69 bits per heavy atom. The zero-order valence-corrected chi connectivity index (χ0v) is 19.9. The summed E-state index contributed by atoms with van der Waals surface area (Å²) in [7, 11) is 1.63. The summed E-state index contributed by atoms with van der Waals surface area (Å²) >= 11 is 0. The number of aromatic nitrogens is 2. The van der Waals surface area contributed by atoms with E-state index in [-0.39, 0.29) is 17.8 Å². The first-order chi connectivity index (χ1) is 16.9. The van der Waals surface area contributed by atoms with Crippen molar-refractivity contribution in [2.45, 2.75) is 31.9 Å². The van der Waals surface area contributed by atoms with Crippen LogP contribution in [0.5, 0.6) is 5.75 Å². The number of rotatable bonds is 5. The minimum Gasteiger partial charge on any atom is -0.495 e. The molecule has 5 rings (SSSR count). The number of aliphatic hydroxyl groups is 1. The smallest absolute Gasteiger partial charge is 0.250 e. The lowest BCUT2D eigenvalue weighted by Crippen LogP contribution is -2.49. The average molecular weight is 477 g/mol. The minimum absolute atomic E-state index is 0.0467. The molecular formula is C27H29FN4O3. The Morgan fingerprint density at radius 1 is 1.17 bits per heavy atom. The summed E-state index contributed by atoms with van der Waals surface area (Å²) in [5.74, 6) is 0.350. The predicted molar refractivity (Wildman–Crippen MR) is 132 cm³/mol. The summed E-state index contributed by atoms with van der Waals surface area (Å²) in [6.45, 7) is 3.46. The minimum atomic E-state index is -0.665. The number of halogens is 1. The zero-order chi connectivity index (χ0) is 24.5. The summed E-state index contributed by atoms with van der Waals surface area (Å²) in [5, 5.41) is 10.8. The van der Waals surface area contributed by atoms with Crippen LogP contribution in [-0.2, 0) is 4.79 Å². The van der Waals surface area contributed by atoms with Crippen LogP contribution in [0.15, 0.2) is 60.6 Å². The fraction of sp³-hybridized carbons (Fsp3) is 0.333. The fourth-order valence-electron chi connectivity index (χ4n) is 4.97. The maximum Gasteiger partial charge on any atom is 0.250 e. The monoisotopic (exact) mass is 476 g/mol. The van der Waals surface area contributed by atoms with E-state index in [1.807, 2.05) is 46.9 Å². The van der Waals surface area contributed by atoms with E-state index < -0.39 is 6.10 Å². The second-order valence-electron chi connectivity index (χ2n) is 9.14. The molecule has 0 aliphatic carbocycles. The molecule has 2 aliphatic rings. The third-order valence-electron chi connectivity index (χ3n) is 6.77. The molecule has 0 bridgehead atoms. The number of piperidine rings is 1. The largest absolute Gasteiger partial charge is 0.495 e. The van der Waals surface area contributed by atoms with Crippen LogP contribution in [0.3, 0.4) is 0 Å². The first-order valence-electron chi connectivity index (χ1n) is 11.8. The van der Waals surface area contributed by atoms with Gasteiger partial charge >= 0.3 is 0 Å². The summed E-state index contributed by atoms with van der Waals surface area (Å²) < 4.78 is 20.8. The van der Waals surface area contributed by atoms with Crippen LogP contribution in [0.1, 0.15) is 24.1 Å². The van der Waals surface area contributed by atoms with Gasteiger partial charge in [0, 0.05) is 37.1 Å². The standard InChI is InChI=1S/C27H29FN4O3/c1-18-14-31(17-29-18)23-10-5-19(13-26(23)35-2)12-20-4-3-11-32(27(20)34)24-15-30(16-25(24)33)22-8-6-21(28)7-9-22/h5-10,12-14,17,24-25,33H,3-4,11,15-16H2,1-2H3/b20-12+. The van der Waals surface area contributed by atoms with E-state index in [0.29, 0.717) is 31.8 Å². The van der Waals surface area contributed by atoms with Gasteiger partial charge in [-0.15, -0.1) is 0 Å². The molecule has 2 aliphatic heterocycles. The van der Waals surface area contributed by atoms with Crippen molar-refractivity contribution >= 4 is 17.7 Å². The van der Waals surface area contributed by atoms with Crippen LogP contribution in [0.4, 0.5) is 10.1 Å². The maximum absolute atomic E-state index is 13.4. The van der Waals surface area contributed by atoms with Gasteiger partial charge in [-0.25, -0.2) is 9.37 Å². The molecule has 0 spiro atoms. The van der Waals surface area contributed by atoms with Crippen molar-refractivity contribution in [3.8, 4) is 11.4 Å². The first kappa shape index (κ1) is 23.1. The lowest BCUT2D eigenvalue weighted by Gasteiger charge is -2.35. The number of imidazole rings is 1. The maximum atomic E-state index is 13.4. The highest BCUT2D eigenvalue weighted by Crippen LogP contribution is 2.30. The molecule has 1 N–H and O–H groups in total. The van der Waals surface area contributed by atoms with Crippen LogP contribution in [0, 0.1) is 12.7 Å². The van der Waals surface area contributed by atoms with Crippen molar-refractivity contribution in [1.82, 2.24) is 14.5 Å². The van der Waals surface area contributed by atoms with E-state index in [9.17, 15) is 14.3 Å². The molecule has 1 aromatic heterocycles. The number of amides is 1. The number of carbonyl (C=O) groups is 1. The van der Waals surface area contributed by atoms with Gasteiger partial charge in [0.1, 0.15) is 11.6 Å². The molecule has 3 heterocycles. The summed E-state index contributed by atoms with van der Waals surface area (Å²) in [4.78, 5) is 21.5. The molecule has 3 aromatic rings. The Balaban J connectivity index is 1.35. The lowest BCUT2D eigenvalue weighted by atomic mass is 9.98. The Labute approximate surface area is 204 Å². The zero-order valence-electron chi connectivity index (χ0n) is 19.9. The number of ether oxygens (including phenoxy) is 1. The molecule has 7 nitrogen and oxygen atoms in total. The molecule has 35 heavy (non-hydrogen) atoms. The van der Waals surface area contributed by atoms with Crippen molar-refractivity contribution < 1.29 is 19.0 Å². The number of methoxy groups -OCH3 is 1. The van der Waals surface area contributed by atoms with Gasteiger partial charge in [-0.1, -0.05) is 6.07 Å². The van der Waals surface area contributed by atoms with E-state index in [1.165, 1.54) is 12.1 Å². The van der Waals surface area contributed by atoms with Gasteiger partial charge in [-0.2, -0.15) is 0 Å². The molecule has 182 valence electrons. The number of aryl methyl sites for hydroxylation is 1. The van der Waals surface area contributed by atoms with Gasteiger partial charge in [-0.3, -0.25) is 4.79 Å². The highest BCUT2D eigenvalue weighted by atomic mass is 19.1. The SMILES string of the molecule is COc1cc(/C=C2\CCCN(C3CN(c4ccc(F)cc4)CC3O)C2=O)ccc1-n1cnc(C)c1. The van der Waals surface area contributed by atoms with Crippen LogP contribution in [-0.4, -0.2) is 64.4 Å². The highest BCUT2D eigenvalue weighted by Gasteiger charge is 2.39. The van der Waals surface area contributed by atoms with E-state index >= 15 is 0 Å². The average Bonchev–Trinajstić information content (AvgIpc) is 3.46. The number of β-amino-alcohol motifs (C(OH)–C–C–N with tert-alkyl or cyclic N) is 1. The Morgan fingerprint density at radius 2 is 1.97 bits per heavy atom. The van der Waals surface area contributed by atoms with E-state index in [1.54, 1.807) is 30.5 Å². The Bertz CT molecular complexity index is 1250. The molecule has 2 fully saturated rings. The number of hydrogen-bond acceptors (Lipinski definition) is 5. The quantitative estimate of drug-likeness (QED) is 0.570. The van der Waals surface area contributed by atoms with Gasteiger partial charge in [-0.05, 0) is 67.8 Å². The van der Waals surface area contributed by atoms with E-state index in [4.69, 9.17) is 4.74 Å². The van der Waals surface area contributed by atoms with Gasteiger partial charge in [0.05, 0.1) is 37.0 Å². The number of nitrogens with zero attached hydrogens (tertiary/aromatic N) is 4. The Kier molecular flexibility index (Phi) is 6.30. The van der Waals surface area contributed by atoms with Crippen LogP contribution >= 0.6 is 0 Å². The number of aliphatic hydroxyl groups excluding tert-OH is 1. The van der Waals surface area contributed by atoms with Crippen LogP contribution < -0.4 is 9.64 Å². The number of likely N-dealkylation sites (tertiary alicyclic amines) is 1. The third kappa shape index (κ3) is 4.66. The van der Waals surface area contributed by atoms with Gasteiger partial charge in [0.2, 0.25) is 5.91 Å². The molecule has 2 saturated heterocycles. The molecule has 0 radical (unpaired) electrons. The normalized spacial score (nSPS) is 21.7. The van der Waals surface area contributed by atoms with Gasteiger partial charge in [0.15, 0.2) is 0 Å². The van der Waals surface area contributed by atoms with Crippen molar-refractivity contribution in [3.05, 3.63) is 77.6 Å². The molecular weight excluding hydrogens is 447 g/mol. The van der Waals surface area contributed by atoms with Crippen LogP contribution in [0.2, 0.25) is 0 Å². The second-order valence-corrected chi connectivity index (χ2v) is 9.14. The van der Waals surface area contributed by atoms with Crippen molar-refractivity contribution in [2.75, 3.05) is 31.6 Å². The van der Waals surface area contributed by atoms with Gasteiger partial charge in [0.25, 0.3) is 0 Å². The highest BCUT2D eigenvalue weighted by molar-refractivity contribution is 5.99. The number of benzene rings is 2. The number of carbonyl (C=O) groups excluding carboxylic acids is 1. The summed E-state index contributed by atoms with van der Waals surface area (Å²) in [5.41, 5.74) is 4.23. The number of hydrogen-bond donors (Lipinski definition) is 1. The second kappa shape index (κ2) is 9.54. The predicted octanol–water partition coefficient (Wildman–Crippen LogP) is 3.58. The summed E-state index contributed by atoms with van der Waals surface area (Å²) in [6.07, 6.45) is 6.45. The van der Waals surface area contributed by atoms with E-state index in [0.717, 1.165) is 34.6 Å². The van der Waals surface area contributed by atoms with Crippen molar-refractivity contribution in [3.63, 3.8) is 0 Å².